The molecule has 98 valence electrons. The molecule has 0 atom stereocenters. The first kappa shape index (κ1) is 13.3. The average molecular weight is 278 g/mol. The Hall–Kier alpha value is -2.13. The minimum absolute atomic E-state index is 0.115. The highest BCUT2D eigenvalue weighted by atomic mass is 35.5. The van der Waals surface area contributed by atoms with E-state index in [1.165, 1.54) is 6.20 Å². The zero-order valence-electron chi connectivity index (χ0n) is 10.7. The van der Waals surface area contributed by atoms with E-state index in [0.29, 0.717) is 16.6 Å². The molecular formula is C12H12ClN5O. The molecule has 0 saturated carbocycles. The van der Waals surface area contributed by atoms with Gasteiger partial charge in [-0.15, -0.1) is 0 Å². The Labute approximate surface area is 114 Å². The minimum atomic E-state index is -0.557. The van der Waals surface area contributed by atoms with Crippen LogP contribution >= 0.6 is 11.6 Å². The maximum absolute atomic E-state index is 11.8. The lowest BCUT2D eigenvalue weighted by Gasteiger charge is -2.16. The lowest BCUT2D eigenvalue weighted by Crippen LogP contribution is -2.28. The third kappa shape index (κ3) is 2.51. The van der Waals surface area contributed by atoms with Crippen LogP contribution in [0.15, 0.2) is 6.20 Å². The standard InChI is InChI=1S/C12H12ClN5O/c1-12(2,3)10(19)18-11-16-8(13)7-6(4-14)5-15-9(7)17-11/h5H,1-3H3,(H2,15,16,17,18,19). The number of carbonyl (C=O) groups excluding carboxylic acids is 1. The van der Waals surface area contributed by atoms with Gasteiger partial charge in [0.1, 0.15) is 16.9 Å². The van der Waals surface area contributed by atoms with Gasteiger partial charge in [-0.25, -0.2) is 0 Å². The summed E-state index contributed by atoms with van der Waals surface area (Å²) in [6.45, 7) is 5.35. The molecule has 0 saturated heterocycles. The summed E-state index contributed by atoms with van der Waals surface area (Å²) in [5.41, 5.74) is 0.229. The van der Waals surface area contributed by atoms with Crippen molar-refractivity contribution in [3.63, 3.8) is 0 Å². The second-order valence-electron chi connectivity index (χ2n) is 5.08. The molecule has 0 aliphatic rings. The predicted molar refractivity (Wildman–Crippen MR) is 71.7 cm³/mol. The summed E-state index contributed by atoms with van der Waals surface area (Å²) in [4.78, 5) is 22.8. The van der Waals surface area contributed by atoms with Crippen LogP contribution in [-0.4, -0.2) is 20.9 Å². The summed E-state index contributed by atoms with van der Waals surface area (Å²) in [5.74, 6) is -0.0984. The summed E-state index contributed by atoms with van der Waals surface area (Å²) < 4.78 is 0. The molecule has 2 rings (SSSR count). The van der Waals surface area contributed by atoms with Crippen LogP contribution in [0.3, 0.4) is 0 Å². The summed E-state index contributed by atoms with van der Waals surface area (Å²) in [7, 11) is 0. The van der Waals surface area contributed by atoms with Gasteiger partial charge < -0.3 is 4.98 Å². The largest absolute Gasteiger partial charge is 0.345 e. The molecular weight excluding hydrogens is 266 g/mol. The second kappa shape index (κ2) is 4.52. The second-order valence-corrected chi connectivity index (χ2v) is 5.44. The van der Waals surface area contributed by atoms with Crippen molar-refractivity contribution in [3.05, 3.63) is 16.9 Å². The van der Waals surface area contributed by atoms with E-state index in [1.54, 1.807) is 20.8 Å². The number of aromatic amines is 1. The molecule has 0 unspecified atom stereocenters. The molecule has 2 aromatic heterocycles. The van der Waals surface area contributed by atoms with Gasteiger partial charge in [0, 0.05) is 11.6 Å². The zero-order valence-corrected chi connectivity index (χ0v) is 11.5. The molecule has 2 N–H and O–H groups in total. The number of nitrogens with one attached hydrogen (secondary N) is 2. The molecule has 1 amide bonds. The number of halogens is 1. The van der Waals surface area contributed by atoms with E-state index < -0.39 is 5.41 Å². The fourth-order valence-electron chi connectivity index (χ4n) is 1.42. The van der Waals surface area contributed by atoms with E-state index in [9.17, 15) is 4.79 Å². The van der Waals surface area contributed by atoms with Crippen LogP contribution in [0, 0.1) is 16.7 Å². The van der Waals surface area contributed by atoms with Crippen LogP contribution in [-0.2, 0) is 4.79 Å². The first-order valence-corrected chi connectivity index (χ1v) is 5.97. The van der Waals surface area contributed by atoms with Gasteiger partial charge in [-0.3, -0.25) is 10.1 Å². The van der Waals surface area contributed by atoms with Crippen LogP contribution in [0.2, 0.25) is 5.15 Å². The van der Waals surface area contributed by atoms with Crippen molar-refractivity contribution in [2.24, 2.45) is 5.41 Å². The molecule has 2 aromatic rings. The number of aromatic nitrogens is 3. The quantitative estimate of drug-likeness (QED) is 0.783. The number of hydrogen-bond donors (Lipinski definition) is 2. The summed E-state index contributed by atoms with van der Waals surface area (Å²) in [6, 6.07) is 1.99. The van der Waals surface area contributed by atoms with Gasteiger partial charge in [-0.2, -0.15) is 15.2 Å². The van der Waals surface area contributed by atoms with Crippen LogP contribution in [0.1, 0.15) is 26.3 Å². The van der Waals surface area contributed by atoms with Gasteiger partial charge in [0.15, 0.2) is 0 Å². The Balaban J connectivity index is 2.43. The number of fused-ring (bicyclic) bond motifs is 1. The van der Waals surface area contributed by atoms with Crippen molar-refractivity contribution in [3.8, 4) is 6.07 Å². The molecule has 0 aromatic carbocycles. The molecule has 0 bridgehead atoms. The fourth-order valence-corrected chi connectivity index (χ4v) is 1.69. The van der Waals surface area contributed by atoms with Crippen LogP contribution in [0.25, 0.3) is 11.0 Å². The van der Waals surface area contributed by atoms with Crippen molar-refractivity contribution in [2.75, 3.05) is 5.32 Å². The summed E-state index contributed by atoms with van der Waals surface area (Å²) in [5, 5.41) is 12.1. The van der Waals surface area contributed by atoms with Crippen molar-refractivity contribution in [2.45, 2.75) is 20.8 Å². The molecule has 0 aliphatic heterocycles. The molecule has 19 heavy (non-hydrogen) atoms. The molecule has 7 heteroatoms. The van der Waals surface area contributed by atoms with Crippen molar-refractivity contribution >= 4 is 34.5 Å². The first-order valence-electron chi connectivity index (χ1n) is 5.59. The monoisotopic (exact) mass is 277 g/mol. The molecule has 0 spiro atoms. The number of nitriles is 1. The third-order valence-electron chi connectivity index (χ3n) is 2.51. The fraction of sp³-hybridized carbons (Fsp3) is 0.333. The predicted octanol–water partition coefficient (Wildman–Crippen LogP) is 2.47. The molecule has 0 aliphatic carbocycles. The lowest BCUT2D eigenvalue weighted by atomic mass is 9.96. The molecule has 0 fully saturated rings. The SMILES string of the molecule is CC(C)(C)C(=O)Nc1nc(Cl)c2c(C#N)c[nH]c2n1. The van der Waals surface area contributed by atoms with Crippen molar-refractivity contribution in [1.82, 2.24) is 15.0 Å². The minimum Gasteiger partial charge on any atom is -0.345 e. The number of amides is 1. The molecule has 6 nitrogen and oxygen atoms in total. The Kier molecular flexibility index (Phi) is 3.16. The summed E-state index contributed by atoms with van der Waals surface area (Å²) >= 11 is 6.01. The maximum atomic E-state index is 11.8. The number of rotatable bonds is 1. The molecule has 2 heterocycles. The van der Waals surface area contributed by atoms with E-state index >= 15 is 0 Å². The Morgan fingerprint density at radius 1 is 1.47 bits per heavy atom. The van der Waals surface area contributed by atoms with Gasteiger partial charge in [0.05, 0.1) is 10.9 Å². The van der Waals surface area contributed by atoms with Crippen LogP contribution < -0.4 is 5.32 Å². The van der Waals surface area contributed by atoms with Gasteiger partial charge in [-0.05, 0) is 0 Å². The first-order chi connectivity index (χ1) is 8.82. The van der Waals surface area contributed by atoms with E-state index in [1.807, 2.05) is 6.07 Å². The summed E-state index contributed by atoms with van der Waals surface area (Å²) in [6.07, 6.45) is 1.50. The van der Waals surface area contributed by atoms with Crippen molar-refractivity contribution < 1.29 is 4.79 Å². The van der Waals surface area contributed by atoms with Gasteiger partial charge in [0.2, 0.25) is 11.9 Å². The van der Waals surface area contributed by atoms with Crippen LogP contribution in [0.4, 0.5) is 5.95 Å². The highest BCUT2D eigenvalue weighted by Crippen LogP contribution is 2.25. The van der Waals surface area contributed by atoms with Crippen LogP contribution in [0.5, 0.6) is 0 Å². The van der Waals surface area contributed by atoms with E-state index in [0.717, 1.165) is 0 Å². The van der Waals surface area contributed by atoms with Gasteiger partial charge in [0.25, 0.3) is 0 Å². The topological polar surface area (TPSA) is 94.5 Å². The smallest absolute Gasteiger partial charge is 0.232 e. The number of nitrogens with zero attached hydrogens (tertiary/aromatic N) is 3. The lowest BCUT2D eigenvalue weighted by molar-refractivity contribution is -0.123. The van der Waals surface area contributed by atoms with Gasteiger partial charge >= 0.3 is 0 Å². The molecule has 0 radical (unpaired) electrons. The Morgan fingerprint density at radius 3 is 2.74 bits per heavy atom. The average Bonchev–Trinajstić information content (AvgIpc) is 2.71. The third-order valence-corrected chi connectivity index (χ3v) is 2.79. The number of anilines is 1. The maximum Gasteiger partial charge on any atom is 0.232 e. The Morgan fingerprint density at radius 2 is 2.16 bits per heavy atom. The van der Waals surface area contributed by atoms with Crippen molar-refractivity contribution in [1.29, 1.82) is 5.26 Å². The van der Waals surface area contributed by atoms with E-state index in [2.05, 4.69) is 20.3 Å². The number of H-pyrrole nitrogens is 1. The normalized spacial score (nSPS) is 11.3. The zero-order chi connectivity index (χ0) is 14.2. The van der Waals surface area contributed by atoms with E-state index in [-0.39, 0.29) is 17.0 Å². The van der Waals surface area contributed by atoms with Gasteiger partial charge in [-0.1, -0.05) is 32.4 Å². The van der Waals surface area contributed by atoms with E-state index in [4.69, 9.17) is 16.9 Å². The Bertz CT molecular complexity index is 692. The highest BCUT2D eigenvalue weighted by molar-refractivity contribution is 6.34. The number of carbonyl (C=O) groups is 1. The highest BCUT2D eigenvalue weighted by Gasteiger charge is 2.23. The number of hydrogen-bond acceptors (Lipinski definition) is 4.